The fourth-order valence-electron chi connectivity index (χ4n) is 3.13. The van der Waals surface area contributed by atoms with Crippen LogP contribution in [0.2, 0.25) is 0 Å². The number of hydrogen-bond acceptors (Lipinski definition) is 7. The molecule has 0 saturated heterocycles. The summed E-state index contributed by atoms with van der Waals surface area (Å²) in [5, 5.41) is 4.51. The van der Waals surface area contributed by atoms with Crippen molar-refractivity contribution in [2.24, 2.45) is 5.10 Å². The van der Waals surface area contributed by atoms with Gasteiger partial charge in [0.15, 0.2) is 23.0 Å². The number of rotatable bonds is 7. The summed E-state index contributed by atoms with van der Waals surface area (Å²) in [6.45, 7) is 0. The van der Waals surface area contributed by atoms with E-state index in [1.165, 1.54) is 0 Å². The van der Waals surface area contributed by atoms with Gasteiger partial charge >= 0.3 is 0 Å². The van der Waals surface area contributed by atoms with Gasteiger partial charge in [0.2, 0.25) is 5.75 Å². The number of hydrogen-bond donors (Lipinski definition) is 1. The number of methoxy groups -OCH3 is 5. The molecule has 1 N–H and O–H groups in total. The van der Waals surface area contributed by atoms with Crippen molar-refractivity contribution in [3.05, 3.63) is 41.5 Å². The lowest BCUT2D eigenvalue weighted by Crippen LogP contribution is -2.11. The molecule has 0 amide bonds. The predicted octanol–water partition coefficient (Wildman–Crippen LogP) is 3.17. The van der Waals surface area contributed by atoms with Gasteiger partial charge in [-0.2, -0.15) is 5.10 Å². The van der Waals surface area contributed by atoms with Gasteiger partial charge in [-0.05, 0) is 35.9 Å². The Bertz CT molecular complexity index is 825. The van der Waals surface area contributed by atoms with Gasteiger partial charge in [0.1, 0.15) is 0 Å². The molecule has 1 atom stereocenters. The largest absolute Gasteiger partial charge is 0.493 e. The summed E-state index contributed by atoms with van der Waals surface area (Å²) in [5.41, 5.74) is 6.12. The second-order valence-electron chi connectivity index (χ2n) is 5.97. The molecule has 0 aliphatic carbocycles. The van der Waals surface area contributed by atoms with E-state index < -0.39 is 0 Å². The zero-order valence-corrected chi connectivity index (χ0v) is 16.2. The fourth-order valence-corrected chi connectivity index (χ4v) is 3.13. The van der Waals surface area contributed by atoms with E-state index in [1.807, 2.05) is 30.3 Å². The smallest absolute Gasteiger partial charge is 0.203 e. The number of nitrogens with zero attached hydrogens (tertiary/aromatic N) is 1. The zero-order valence-electron chi connectivity index (χ0n) is 16.2. The summed E-state index contributed by atoms with van der Waals surface area (Å²) in [5.74, 6) is 3.17. The van der Waals surface area contributed by atoms with Crippen molar-refractivity contribution in [1.82, 2.24) is 5.43 Å². The molecule has 7 nitrogen and oxygen atoms in total. The second-order valence-corrected chi connectivity index (χ2v) is 5.97. The fraction of sp³-hybridized carbons (Fsp3) is 0.350. The minimum Gasteiger partial charge on any atom is -0.493 e. The van der Waals surface area contributed by atoms with Crippen LogP contribution in [-0.4, -0.2) is 41.3 Å². The third kappa shape index (κ3) is 3.58. The van der Waals surface area contributed by atoms with Crippen LogP contribution in [0.15, 0.2) is 35.4 Å². The van der Waals surface area contributed by atoms with E-state index in [0.717, 1.165) is 16.8 Å². The van der Waals surface area contributed by atoms with Crippen LogP contribution in [0.3, 0.4) is 0 Å². The third-order valence-electron chi connectivity index (χ3n) is 4.56. The highest BCUT2D eigenvalue weighted by molar-refractivity contribution is 6.02. The van der Waals surface area contributed by atoms with Crippen LogP contribution in [0.5, 0.6) is 28.7 Å². The van der Waals surface area contributed by atoms with Gasteiger partial charge in [-0.25, -0.2) is 0 Å². The first-order valence-corrected chi connectivity index (χ1v) is 8.49. The Labute approximate surface area is 158 Å². The first kappa shape index (κ1) is 18.7. The van der Waals surface area contributed by atoms with E-state index >= 15 is 0 Å². The van der Waals surface area contributed by atoms with E-state index in [4.69, 9.17) is 23.7 Å². The van der Waals surface area contributed by atoms with Gasteiger partial charge < -0.3 is 29.1 Å². The van der Waals surface area contributed by atoms with Crippen molar-refractivity contribution in [3.63, 3.8) is 0 Å². The maximum atomic E-state index is 5.45. The molecule has 0 fully saturated rings. The third-order valence-corrected chi connectivity index (χ3v) is 4.56. The summed E-state index contributed by atoms with van der Waals surface area (Å²) in [6, 6.07) is 9.65. The quantitative estimate of drug-likeness (QED) is 0.805. The van der Waals surface area contributed by atoms with Crippen molar-refractivity contribution < 1.29 is 23.7 Å². The van der Waals surface area contributed by atoms with Crippen molar-refractivity contribution in [2.75, 3.05) is 35.5 Å². The monoisotopic (exact) mass is 372 g/mol. The van der Waals surface area contributed by atoms with E-state index in [2.05, 4.69) is 10.5 Å². The first-order chi connectivity index (χ1) is 13.1. The Morgan fingerprint density at radius 3 is 1.96 bits per heavy atom. The van der Waals surface area contributed by atoms with Crippen molar-refractivity contribution in [2.45, 2.75) is 12.5 Å². The predicted molar refractivity (Wildman–Crippen MR) is 103 cm³/mol. The van der Waals surface area contributed by atoms with E-state index in [0.29, 0.717) is 35.2 Å². The average molecular weight is 372 g/mol. The van der Waals surface area contributed by atoms with Gasteiger partial charge in [-0.15, -0.1) is 0 Å². The number of nitrogens with one attached hydrogen (secondary N) is 1. The van der Waals surface area contributed by atoms with Crippen LogP contribution in [0, 0.1) is 0 Å². The normalized spacial score (nSPS) is 15.6. The Hall–Kier alpha value is -3.09. The van der Waals surface area contributed by atoms with Crippen molar-refractivity contribution in [1.29, 1.82) is 0 Å². The average Bonchev–Trinajstić information content (AvgIpc) is 3.22. The highest BCUT2D eigenvalue weighted by atomic mass is 16.5. The molecular formula is C20H24N2O5. The molecule has 0 bridgehead atoms. The number of hydrazone groups is 1. The van der Waals surface area contributed by atoms with Gasteiger partial charge in [-0.1, -0.05) is 0 Å². The Morgan fingerprint density at radius 2 is 1.41 bits per heavy atom. The van der Waals surface area contributed by atoms with Gasteiger partial charge in [-0.3, -0.25) is 0 Å². The first-order valence-electron chi connectivity index (χ1n) is 8.49. The molecule has 0 saturated carbocycles. The Kier molecular flexibility index (Phi) is 5.59. The van der Waals surface area contributed by atoms with Crippen molar-refractivity contribution in [3.8, 4) is 28.7 Å². The summed E-state index contributed by atoms with van der Waals surface area (Å²) >= 11 is 0. The van der Waals surface area contributed by atoms with Gasteiger partial charge in [0.05, 0.1) is 47.3 Å². The molecule has 3 rings (SSSR count). The van der Waals surface area contributed by atoms with E-state index in [1.54, 1.807) is 35.5 Å². The molecule has 7 heteroatoms. The molecule has 2 aromatic rings. The summed E-state index contributed by atoms with van der Waals surface area (Å²) in [6.07, 6.45) is 0.716. The molecule has 144 valence electrons. The summed E-state index contributed by atoms with van der Waals surface area (Å²) in [4.78, 5) is 0. The molecule has 0 spiro atoms. The maximum Gasteiger partial charge on any atom is 0.203 e. The highest BCUT2D eigenvalue weighted by Crippen LogP contribution is 2.41. The SMILES string of the molecule is COc1ccc(C2=NNC(c3cc(OC)c(OC)c(OC)c3)C2)cc1OC. The lowest BCUT2D eigenvalue weighted by Gasteiger charge is -2.17. The minimum absolute atomic E-state index is 0.00167. The minimum atomic E-state index is 0.00167. The molecule has 1 unspecified atom stereocenters. The Balaban J connectivity index is 1.85. The number of benzene rings is 2. The summed E-state index contributed by atoms with van der Waals surface area (Å²) < 4.78 is 27.0. The summed E-state index contributed by atoms with van der Waals surface area (Å²) in [7, 11) is 8.04. The molecule has 0 aromatic heterocycles. The van der Waals surface area contributed by atoms with Gasteiger partial charge in [0.25, 0.3) is 0 Å². The lowest BCUT2D eigenvalue weighted by atomic mass is 9.98. The van der Waals surface area contributed by atoms with Crippen LogP contribution >= 0.6 is 0 Å². The molecule has 1 aliphatic rings. The molecule has 1 aliphatic heterocycles. The van der Waals surface area contributed by atoms with Crippen LogP contribution < -0.4 is 29.1 Å². The maximum absolute atomic E-state index is 5.45. The molecule has 27 heavy (non-hydrogen) atoms. The van der Waals surface area contributed by atoms with Gasteiger partial charge in [0, 0.05) is 12.0 Å². The molecule has 2 aromatic carbocycles. The number of ether oxygens (including phenoxy) is 5. The zero-order chi connectivity index (χ0) is 19.4. The standard InChI is InChI=1S/C20H24N2O5/c1-23-16-7-6-12(8-17(16)24-2)14-11-15(22-21-14)13-9-18(25-3)20(27-5)19(10-13)26-4/h6-10,15,22H,11H2,1-5H3. The lowest BCUT2D eigenvalue weighted by molar-refractivity contribution is 0.323. The van der Waals surface area contributed by atoms with Crippen LogP contribution in [0.25, 0.3) is 0 Å². The van der Waals surface area contributed by atoms with Crippen LogP contribution in [0.4, 0.5) is 0 Å². The Morgan fingerprint density at radius 1 is 0.778 bits per heavy atom. The molecule has 0 radical (unpaired) electrons. The van der Waals surface area contributed by atoms with E-state index in [-0.39, 0.29) is 6.04 Å². The second kappa shape index (κ2) is 8.07. The van der Waals surface area contributed by atoms with Crippen LogP contribution in [-0.2, 0) is 0 Å². The van der Waals surface area contributed by atoms with Crippen LogP contribution in [0.1, 0.15) is 23.6 Å². The highest BCUT2D eigenvalue weighted by Gasteiger charge is 2.25. The van der Waals surface area contributed by atoms with Crippen molar-refractivity contribution >= 4 is 5.71 Å². The molecular weight excluding hydrogens is 348 g/mol. The molecule has 1 heterocycles. The topological polar surface area (TPSA) is 70.5 Å². The van der Waals surface area contributed by atoms with E-state index in [9.17, 15) is 0 Å².